The first-order valence-electron chi connectivity index (χ1n) is 9.38. The van der Waals surface area contributed by atoms with Gasteiger partial charge in [-0.2, -0.15) is 10.2 Å². The standard InChI is InChI=1S/C23H17N5OS/c29-23(19-14-24-20-10-5-4-9-18(19)20)26-25-13-16-15-28(17-7-2-1-3-8-17)27-22(16)21-11-6-12-30-21/h1-15,24H,(H,26,29). The lowest BCUT2D eigenvalue weighted by Gasteiger charge is -1.98. The molecule has 0 saturated carbocycles. The second-order valence-corrected chi connectivity index (χ2v) is 7.59. The van der Waals surface area contributed by atoms with Gasteiger partial charge in [0.2, 0.25) is 0 Å². The van der Waals surface area contributed by atoms with E-state index in [1.165, 1.54) is 0 Å². The van der Waals surface area contributed by atoms with Crippen LogP contribution in [0.2, 0.25) is 0 Å². The number of nitrogens with one attached hydrogen (secondary N) is 2. The van der Waals surface area contributed by atoms with E-state index in [4.69, 9.17) is 5.10 Å². The van der Waals surface area contributed by atoms with E-state index in [1.54, 1.807) is 23.7 Å². The van der Waals surface area contributed by atoms with Crippen LogP contribution in [-0.4, -0.2) is 26.9 Å². The van der Waals surface area contributed by atoms with Crippen molar-refractivity contribution in [2.75, 3.05) is 0 Å². The molecule has 2 N–H and O–H groups in total. The third-order valence-corrected chi connectivity index (χ3v) is 5.60. The summed E-state index contributed by atoms with van der Waals surface area (Å²) in [7, 11) is 0. The minimum atomic E-state index is -0.267. The number of aromatic amines is 1. The molecule has 3 aromatic heterocycles. The van der Waals surface area contributed by atoms with Crippen molar-refractivity contribution in [3.05, 3.63) is 95.6 Å². The Bertz CT molecular complexity index is 1330. The Hall–Kier alpha value is -3.97. The number of amides is 1. The maximum Gasteiger partial charge on any atom is 0.273 e. The third-order valence-electron chi connectivity index (χ3n) is 4.72. The summed E-state index contributed by atoms with van der Waals surface area (Å²) in [6.45, 7) is 0. The van der Waals surface area contributed by atoms with Crippen LogP contribution in [0.3, 0.4) is 0 Å². The highest BCUT2D eigenvalue weighted by Crippen LogP contribution is 2.27. The smallest absolute Gasteiger partial charge is 0.273 e. The molecule has 2 aromatic carbocycles. The monoisotopic (exact) mass is 411 g/mol. The lowest BCUT2D eigenvalue weighted by molar-refractivity contribution is 0.0957. The van der Waals surface area contributed by atoms with Crippen LogP contribution in [0.4, 0.5) is 0 Å². The number of fused-ring (bicyclic) bond motifs is 1. The Balaban J connectivity index is 1.43. The van der Waals surface area contributed by atoms with Gasteiger partial charge < -0.3 is 4.98 Å². The predicted molar refractivity (Wildman–Crippen MR) is 120 cm³/mol. The summed E-state index contributed by atoms with van der Waals surface area (Å²) >= 11 is 1.61. The summed E-state index contributed by atoms with van der Waals surface area (Å²) in [5.41, 5.74) is 6.69. The summed E-state index contributed by atoms with van der Waals surface area (Å²) < 4.78 is 1.82. The summed E-state index contributed by atoms with van der Waals surface area (Å²) in [6.07, 6.45) is 5.24. The van der Waals surface area contributed by atoms with Gasteiger partial charge in [0.25, 0.3) is 5.91 Å². The maximum absolute atomic E-state index is 12.6. The van der Waals surface area contributed by atoms with Gasteiger partial charge in [0.1, 0.15) is 5.69 Å². The van der Waals surface area contributed by atoms with Crippen LogP contribution in [0, 0.1) is 0 Å². The number of aromatic nitrogens is 3. The summed E-state index contributed by atoms with van der Waals surface area (Å²) in [5, 5.41) is 11.8. The van der Waals surface area contributed by atoms with Crippen molar-refractivity contribution in [1.82, 2.24) is 20.2 Å². The van der Waals surface area contributed by atoms with Crippen molar-refractivity contribution in [3.63, 3.8) is 0 Å². The van der Waals surface area contributed by atoms with Gasteiger partial charge in [-0.25, -0.2) is 10.1 Å². The molecular weight excluding hydrogens is 394 g/mol. The van der Waals surface area contributed by atoms with E-state index in [0.29, 0.717) is 5.56 Å². The second kappa shape index (κ2) is 7.81. The summed E-state index contributed by atoms with van der Waals surface area (Å²) in [4.78, 5) is 16.7. The van der Waals surface area contributed by atoms with Crippen molar-refractivity contribution in [2.24, 2.45) is 5.10 Å². The average Bonchev–Trinajstić information content (AvgIpc) is 3.53. The molecule has 0 radical (unpaired) electrons. The van der Waals surface area contributed by atoms with Gasteiger partial charge in [-0.3, -0.25) is 4.79 Å². The van der Waals surface area contributed by atoms with E-state index < -0.39 is 0 Å². The normalized spacial score (nSPS) is 11.3. The molecule has 0 bridgehead atoms. The molecule has 30 heavy (non-hydrogen) atoms. The Labute approximate surface area is 176 Å². The van der Waals surface area contributed by atoms with Crippen LogP contribution in [0.5, 0.6) is 0 Å². The van der Waals surface area contributed by atoms with Gasteiger partial charge in [-0.05, 0) is 29.6 Å². The third kappa shape index (κ3) is 3.42. The number of carbonyl (C=O) groups excluding carboxylic acids is 1. The topological polar surface area (TPSA) is 75.1 Å². The molecule has 146 valence electrons. The van der Waals surface area contributed by atoms with Gasteiger partial charge in [0.15, 0.2) is 0 Å². The molecule has 7 heteroatoms. The quantitative estimate of drug-likeness (QED) is 0.321. The number of H-pyrrole nitrogens is 1. The fourth-order valence-corrected chi connectivity index (χ4v) is 4.01. The number of hydrazone groups is 1. The van der Waals surface area contributed by atoms with E-state index in [2.05, 4.69) is 15.5 Å². The van der Waals surface area contributed by atoms with Crippen LogP contribution in [0.25, 0.3) is 27.2 Å². The number of benzene rings is 2. The first-order chi connectivity index (χ1) is 14.8. The minimum absolute atomic E-state index is 0.267. The molecule has 0 fully saturated rings. The molecular formula is C23H17N5OS. The van der Waals surface area contributed by atoms with Crippen LogP contribution >= 0.6 is 11.3 Å². The molecule has 0 atom stereocenters. The zero-order valence-corrected chi connectivity index (χ0v) is 16.6. The van der Waals surface area contributed by atoms with E-state index in [9.17, 15) is 4.79 Å². The van der Waals surface area contributed by atoms with Crippen LogP contribution in [0.15, 0.2) is 89.6 Å². The van der Waals surface area contributed by atoms with Crippen molar-refractivity contribution >= 4 is 34.4 Å². The fourth-order valence-electron chi connectivity index (χ4n) is 3.28. The van der Waals surface area contributed by atoms with Crippen molar-refractivity contribution in [1.29, 1.82) is 0 Å². The van der Waals surface area contributed by atoms with Gasteiger partial charge in [0, 0.05) is 28.9 Å². The Morgan fingerprint density at radius 2 is 1.90 bits per heavy atom. The first kappa shape index (κ1) is 18.1. The van der Waals surface area contributed by atoms with Gasteiger partial charge in [-0.1, -0.05) is 42.5 Å². The molecule has 0 aliphatic carbocycles. The molecule has 3 heterocycles. The largest absolute Gasteiger partial charge is 0.360 e. The number of para-hydroxylation sites is 2. The van der Waals surface area contributed by atoms with Gasteiger partial charge in [0.05, 0.1) is 22.3 Å². The minimum Gasteiger partial charge on any atom is -0.360 e. The summed E-state index contributed by atoms with van der Waals surface area (Å²) in [5.74, 6) is -0.267. The zero-order chi connectivity index (χ0) is 20.3. The molecule has 5 aromatic rings. The van der Waals surface area contributed by atoms with Crippen molar-refractivity contribution < 1.29 is 4.79 Å². The Morgan fingerprint density at radius 1 is 1.07 bits per heavy atom. The van der Waals surface area contributed by atoms with Crippen LogP contribution in [-0.2, 0) is 0 Å². The molecule has 0 unspecified atom stereocenters. The Kier molecular flexibility index (Phi) is 4.71. The predicted octanol–water partition coefficient (Wildman–Crippen LogP) is 4.85. The molecule has 0 aliphatic rings. The lowest BCUT2D eigenvalue weighted by atomic mass is 10.2. The molecule has 6 nitrogen and oxygen atoms in total. The number of nitrogens with zero attached hydrogens (tertiary/aromatic N) is 3. The Morgan fingerprint density at radius 3 is 2.73 bits per heavy atom. The number of rotatable bonds is 5. The zero-order valence-electron chi connectivity index (χ0n) is 15.8. The number of hydrogen-bond acceptors (Lipinski definition) is 4. The second-order valence-electron chi connectivity index (χ2n) is 6.64. The SMILES string of the molecule is O=C(NN=Cc1cn(-c2ccccc2)nc1-c1cccs1)c1c[nH]c2ccccc12. The molecule has 5 rings (SSSR count). The fraction of sp³-hybridized carbons (Fsp3) is 0. The highest BCUT2D eigenvalue weighted by atomic mass is 32.1. The van der Waals surface area contributed by atoms with E-state index in [-0.39, 0.29) is 5.91 Å². The number of hydrogen-bond donors (Lipinski definition) is 2. The average molecular weight is 411 g/mol. The van der Waals surface area contributed by atoms with Crippen LogP contribution in [0.1, 0.15) is 15.9 Å². The number of carbonyl (C=O) groups is 1. The first-order valence-corrected chi connectivity index (χ1v) is 10.3. The van der Waals surface area contributed by atoms with Gasteiger partial charge >= 0.3 is 0 Å². The van der Waals surface area contributed by atoms with Gasteiger partial charge in [-0.15, -0.1) is 11.3 Å². The maximum atomic E-state index is 12.6. The van der Waals surface area contributed by atoms with Crippen molar-refractivity contribution in [2.45, 2.75) is 0 Å². The molecule has 1 amide bonds. The lowest BCUT2D eigenvalue weighted by Crippen LogP contribution is -2.17. The number of thiophene rings is 1. The summed E-state index contributed by atoms with van der Waals surface area (Å²) in [6, 6.07) is 21.6. The van der Waals surface area contributed by atoms with E-state index >= 15 is 0 Å². The molecule has 0 aliphatic heterocycles. The molecule has 0 spiro atoms. The van der Waals surface area contributed by atoms with Crippen LogP contribution < -0.4 is 5.43 Å². The highest BCUT2D eigenvalue weighted by molar-refractivity contribution is 7.13. The van der Waals surface area contributed by atoms with Crippen molar-refractivity contribution in [3.8, 4) is 16.3 Å². The van der Waals surface area contributed by atoms with E-state index in [1.807, 2.05) is 83.0 Å². The van der Waals surface area contributed by atoms with E-state index in [0.717, 1.165) is 32.7 Å². The molecule has 0 saturated heterocycles. The highest BCUT2D eigenvalue weighted by Gasteiger charge is 2.13.